The molecule has 0 aromatic carbocycles. The van der Waals surface area contributed by atoms with E-state index < -0.39 is 17.9 Å². The highest BCUT2D eigenvalue weighted by molar-refractivity contribution is 6.01. The molecular weight excluding hydrogens is 236 g/mol. The molecule has 0 aliphatic heterocycles. The summed E-state index contributed by atoms with van der Waals surface area (Å²) < 4.78 is 4.67. The highest BCUT2D eigenvalue weighted by Crippen LogP contribution is 2.36. The van der Waals surface area contributed by atoms with Gasteiger partial charge in [-0.2, -0.15) is 0 Å². The number of ether oxygens (including phenoxy) is 1. The molecular formula is C12H22N2O4. The average molecular weight is 258 g/mol. The van der Waals surface area contributed by atoms with Crippen LogP contribution in [0.25, 0.3) is 0 Å². The number of nitrogens with two attached hydrogens (primary N) is 1. The lowest BCUT2D eigenvalue weighted by molar-refractivity contribution is -0.148. The Labute approximate surface area is 107 Å². The van der Waals surface area contributed by atoms with Crippen LogP contribution in [0.2, 0.25) is 0 Å². The predicted molar refractivity (Wildman–Crippen MR) is 65.6 cm³/mol. The highest BCUT2D eigenvalue weighted by atomic mass is 16.5. The minimum atomic E-state index is -1.29. The van der Waals surface area contributed by atoms with E-state index in [0.29, 0.717) is 6.54 Å². The van der Waals surface area contributed by atoms with Gasteiger partial charge in [0.25, 0.3) is 0 Å². The summed E-state index contributed by atoms with van der Waals surface area (Å²) in [6.45, 7) is 2.25. The second-order valence-corrected chi connectivity index (χ2v) is 4.81. The van der Waals surface area contributed by atoms with E-state index in [2.05, 4.69) is 10.1 Å². The predicted octanol–water partition coefficient (Wildman–Crippen LogP) is -0.454. The second kappa shape index (κ2) is 6.70. The van der Waals surface area contributed by atoms with Gasteiger partial charge in [0.15, 0.2) is 6.04 Å². The Bertz CT molecular complexity index is 300. The molecule has 1 aliphatic rings. The van der Waals surface area contributed by atoms with Crippen molar-refractivity contribution < 1.29 is 19.4 Å². The molecule has 0 heterocycles. The fraction of sp³-hybridized carbons (Fsp3) is 0.833. The van der Waals surface area contributed by atoms with Gasteiger partial charge in [-0.25, -0.2) is 4.79 Å². The molecule has 18 heavy (non-hydrogen) atoms. The van der Waals surface area contributed by atoms with Crippen LogP contribution in [0.4, 0.5) is 0 Å². The van der Waals surface area contributed by atoms with Crippen LogP contribution >= 0.6 is 0 Å². The number of rotatable bonds is 6. The van der Waals surface area contributed by atoms with E-state index in [1.165, 1.54) is 0 Å². The van der Waals surface area contributed by atoms with Gasteiger partial charge in [-0.05, 0) is 19.8 Å². The normalized spacial score (nSPS) is 19.3. The van der Waals surface area contributed by atoms with Crippen LogP contribution in [-0.2, 0) is 14.3 Å². The first kappa shape index (κ1) is 14.9. The van der Waals surface area contributed by atoms with Crippen molar-refractivity contribution in [2.24, 2.45) is 11.1 Å². The van der Waals surface area contributed by atoms with Crippen LogP contribution in [0.1, 0.15) is 32.6 Å². The molecule has 0 spiro atoms. The van der Waals surface area contributed by atoms with Crippen molar-refractivity contribution in [2.45, 2.75) is 38.6 Å². The third kappa shape index (κ3) is 3.68. The quantitative estimate of drug-likeness (QED) is 0.442. The number of hydrogen-bond acceptors (Lipinski definition) is 5. The zero-order valence-corrected chi connectivity index (χ0v) is 10.8. The number of amides is 1. The lowest BCUT2D eigenvalue weighted by Crippen LogP contribution is -2.49. The van der Waals surface area contributed by atoms with Crippen LogP contribution in [0.15, 0.2) is 0 Å². The largest absolute Gasteiger partial charge is 0.464 e. The molecule has 0 radical (unpaired) electrons. The summed E-state index contributed by atoms with van der Waals surface area (Å²) in [5.41, 5.74) is 5.22. The fourth-order valence-electron chi connectivity index (χ4n) is 2.24. The summed E-state index contributed by atoms with van der Waals surface area (Å²) in [7, 11) is 0. The molecule has 4 N–H and O–H groups in total. The van der Waals surface area contributed by atoms with Crippen molar-refractivity contribution in [2.75, 3.05) is 19.8 Å². The van der Waals surface area contributed by atoms with Crippen LogP contribution in [0.3, 0.4) is 0 Å². The number of aliphatic hydroxyl groups excluding tert-OH is 1. The van der Waals surface area contributed by atoms with E-state index in [1.807, 2.05) is 0 Å². The number of hydrogen-bond donors (Lipinski definition) is 3. The molecule has 104 valence electrons. The Kier molecular flexibility index (Phi) is 5.55. The third-order valence-corrected chi connectivity index (χ3v) is 3.46. The van der Waals surface area contributed by atoms with Crippen LogP contribution in [-0.4, -0.2) is 42.8 Å². The van der Waals surface area contributed by atoms with E-state index in [9.17, 15) is 14.7 Å². The average Bonchev–Trinajstić information content (AvgIpc) is 2.84. The molecule has 1 amide bonds. The molecule has 6 heteroatoms. The van der Waals surface area contributed by atoms with Crippen LogP contribution < -0.4 is 11.1 Å². The number of carbonyl (C=O) groups is 2. The first-order chi connectivity index (χ1) is 8.54. The minimum absolute atomic E-state index is 0.0436. The van der Waals surface area contributed by atoms with Crippen LogP contribution in [0, 0.1) is 5.41 Å². The topological polar surface area (TPSA) is 102 Å². The van der Waals surface area contributed by atoms with Gasteiger partial charge in [-0.15, -0.1) is 0 Å². The smallest absolute Gasteiger partial charge is 0.332 e. The minimum Gasteiger partial charge on any atom is -0.464 e. The molecule has 1 saturated carbocycles. The maximum absolute atomic E-state index is 11.7. The van der Waals surface area contributed by atoms with Gasteiger partial charge in [0, 0.05) is 12.0 Å². The van der Waals surface area contributed by atoms with E-state index >= 15 is 0 Å². The Morgan fingerprint density at radius 2 is 2.06 bits per heavy atom. The molecule has 1 atom stereocenters. The fourth-order valence-corrected chi connectivity index (χ4v) is 2.24. The van der Waals surface area contributed by atoms with Gasteiger partial charge in [0.2, 0.25) is 5.91 Å². The van der Waals surface area contributed by atoms with Gasteiger partial charge >= 0.3 is 5.97 Å². The molecule has 6 nitrogen and oxygen atoms in total. The Morgan fingerprint density at radius 3 is 2.56 bits per heavy atom. The molecule has 1 fully saturated rings. The Hall–Kier alpha value is -1.14. The maximum atomic E-state index is 11.7. The van der Waals surface area contributed by atoms with Gasteiger partial charge in [0.05, 0.1) is 13.2 Å². The van der Waals surface area contributed by atoms with Crippen molar-refractivity contribution >= 4 is 11.9 Å². The van der Waals surface area contributed by atoms with Gasteiger partial charge in [0.1, 0.15) is 0 Å². The summed E-state index contributed by atoms with van der Waals surface area (Å²) in [5, 5.41) is 12.0. The summed E-state index contributed by atoms with van der Waals surface area (Å²) >= 11 is 0. The summed E-state index contributed by atoms with van der Waals surface area (Å²) in [4.78, 5) is 22.9. The van der Waals surface area contributed by atoms with Crippen molar-refractivity contribution in [1.82, 2.24) is 5.32 Å². The number of carbonyl (C=O) groups excluding carboxylic acids is 2. The third-order valence-electron chi connectivity index (χ3n) is 3.46. The zero-order valence-electron chi connectivity index (χ0n) is 10.8. The maximum Gasteiger partial charge on any atom is 0.332 e. The second-order valence-electron chi connectivity index (χ2n) is 4.81. The van der Waals surface area contributed by atoms with Gasteiger partial charge in [-0.1, -0.05) is 12.8 Å². The van der Waals surface area contributed by atoms with E-state index in [-0.39, 0.29) is 18.6 Å². The van der Waals surface area contributed by atoms with Crippen molar-refractivity contribution in [3.8, 4) is 0 Å². The Balaban J connectivity index is 2.42. The standard InChI is InChI=1S/C12H22N2O4/c1-2-18-11(17)9(13)10(16)14-7-12(8-15)5-3-4-6-12/h9,15H,2-8,13H2,1H3,(H,14,16). The molecule has 0 bridgehead atoms. The number of aliphatic hydroxyl groups is 1. The zero-order chi connectivity index (χ0) is 13.6. The lowest BCUT2D eigenvalue weighted by Gasteiger charge is -2.27. The molecule has 1 rings (SSSR count). The van der Waals surface area contributed by atoms with E-state index in [1.54, 1.807) is 6.92 Å². The van der Waals surface area contributed by atoms with E-state index in [0.717, 1.165) is 25.7 Å². The first-order valence-corrected chi connectivity index (χ1v) is 6.35. The summed E-state index contributed by atoms with van der Waals surface area (Å²) in [6, 6.07) is -1.29. The van der Waals surface area contributed by atoms with Gasteiger partial charge in [-0.3, -0.25) is 4.79 Å². The first-order valence-electron chi connectivity index (χ1n) is 6.35. The molecule has 1 unspecified atom stereocenters. The highest BCUT2D eigenvalue weighted by Gasteiger charge is 2.34. The lowest BCUT2D eigenvalue weighted by atomic mass is 9.87. The number of esters is 1. The summed E-state index contributed by atoms with van der Waals surface area (Å²) in [6.07, 6.45) is 3.89. The summed E-state index contributed by atoms with van der Waals surface area (Å²) in [5.74, 6) is -1.27. The van der Waals surface area contributed by atoms with E-state index in [4.69, 9.17) is 5.73 Å². The molecule has 1 aliphatic carbocycles. The molecule has 0 aromatic heterocycles. The van der Waals surface area contributed by atoms with Crippen LogP contribution in [0.5, 0.6) is 0 Å². The number of nitrogens with one attached hydrogen (secondary N) is 1. The SMILES string of the molecule is CCOC(=O)C(N)C(=O)NCC1(CO)CCCC1. The van der Waals surface area contributed by atoms with Crippen molar-refractivity contribution in [3.05, 3.63) is 0 Å². The molecule has 0 saturated heterocycles. The van der Waals surface area contributed by atoms with Crippen molar-refractivity contribution in [1.29, 1.82) is 0 Å². The monoisotopic (exact) mass is 258 g/mol. The Morgan fingerprint density at radius 1 is 1.44 bits per heavy atom. The van der Waals surface area contributed by atoms with Crippen molar-refractivity contribution in [3.63, 3.8) is 0 Å². The van der Waals surface area contributed by atoms with Gasteiger partial charge < -0.3 is 20.9 Å². The molecule has 0 aromatic rings.